The maximum absolute atomic E-state index is 6.21. The number of aromatic nitrogens is 1. The predicted octanol–water partition coefficient (Wildman–Crippen LogP) is 3.82. The number of nitrogens with zero attached hydrogens (tertiary/aromatic N) is 2. The van der Waals surface area contributed by atoms with Crippen molar-refractivity contribution in [2.75, 3.05) is 13.6 Å². The number of rotatable bonds is 4. The molecule has 1 heterocycles. The standard InChI is InChI=1S/C17H31N3S/c1-13-15(21-12-19-13)10-20(5)17(11-18)8-6-14(7-9-17)16(2,3)4/h12,14H,6-11,18H2,1-5H3. The van der Waals surface area contributed by atoms with Crippen molar-refractivity contribution in [1.82, 2.24) is 9.88 Å². The van der Waals surface area contributed by atoms with Gasteiger partial charge in [-0.2, -0.15) is 0 Å². The summed E-state index contributed by atoms with van der Waals surface area (Å²) in [7, 11) is 2.24. The molecule has 0 spiro atoms. The van der Waals surface area contributed by atoms with Crippen molar-refractivity contribution in [1.29, 1.82) is 0 Å². The van der Waals surface area contributed by atoms with Crippen LogP contribution >= 0.6 is 11.3 Å². The quantitative estimate of drug-likeness (QED) is 0.919. The molecule has 1 aromatic rings. The molecule has 0 bridgehead atoms. The van der Waals surface area contributed by atoms with Gasteiger partial charge >= 0.3 is 0 Å². The molecule has 0 amide bonds. The summed E-state index contributed by atoms with van der Waals surface area (Å²) < 4.78 is 0. The van der Waals surface area contributed by atoms with E-state index in [-0.39, 0.29) is 5.54 Å². The molecule has 1 aliphatic rings. The second-order valence-electron chi connectivity index (χ2n) is 7.79. The fourth-order valence-electron chi connectivity index (χ4n) is 3.62. The molecule has 0 radical (unpaired) electrons. The maximum Gasteiger partial charge on any atom is 0.0798 e. The van der Waals surface area contributed by atoms with Gasteiger partial charge in [-0.3, -0.25) is 4.90 Å². The van der Waals surface area contributed by atoms with Crippen molar-refractivity contribution < 1.29 is 0 Å². The fraction of sp³-hybridized carbons (Fsp3) is 0.824. The maximum atomic E-state index is 6.21. The predicted molar refractivity (Wildman–Crippen MR) is 91.5 cm³/mol. The van der Waals surface area contributed by atoms with E-state index >= 15 is 0 Å². The molecule has 21 heavy (non-hydrogen) atoms. The highest BCUT2D eigenvalue weighted by molar-refractivity contribution is 7.09. The third-order valence-corrected chi connectivity index (χ3v) is 6.48. The highest BCUT2D eigenvalue weighted by Gasteiger charge is 2.40. The second-order valence-corrected chi connectivity index (χ2v) is 8.73. The highest BCUT2D eigenvalue weighted by Crippen LogP contribution is 2.43. The Hall–Kier alpha value is -0.450. The van der Waals surface area contributed by atoms with Gasteiger partial charge in [0.25, 0.3) is 0 Å². The van der Waals surface area contributed by atoms with Gasteiger partial charge in [-0.15, -0.1) is 11.3 Å². The lowest BCUT2D eigenvalue weighted by Crippen LogP contribution is -2.54. The molecule has 0 atom stereocenters. The van der Waals surface area contributed by atoms with E-state index in [1.54, 1.807) is 11.3 Å². The SMILES string of the molecule is Cc1ncsc1CN(C)C1(CN)CCC(C(C)(C)C)CC1. The summed E-state index contributed by atoms with van der Waals surface area (Å²) >= 11 is 1.76. The van der Waals surface area contributed by atoms with Gasteiger partial charge in [0.2, 0.25) is 0 Å². The number of hydrogen-bond donors (Lipinski definition) is 1. The van der Waals surface area contributed by atoms with Crippen LogP contribution in [0.2, 0.25) is 0 Å². The Kier molecular flexibility index (Phi) is 5.11. The Labute approximate surface area is 133 Å². The van der Waals surface area contributed by atoms with Crippen LogP contribution in [0.15, 0.2) is 5.51 Å². The molecule has 3 nitrogen and oxygen atoms in total. The Morgan fingerprint density at radius 1 is 1.38 bits per heavy atom. The zero-order valence-electron chi connectivity index (χ0n) is 14.3. The molecule has 1 aromatic heterocycles. The van der Waals surface area contributed by atoms with Gasteiger partial charge in [0, 0.05) is 23.5 Å². The first-order chi connectivity index (χ1) is 9.78. The zero-order chi connectivity index (χ0) is 15.7. The van der Waals surface area contributed by atoms with Crippen molar-refractivity contribution in [2.24, 2.45) is 17.1 Å². The zero-order valence-corrected chi connectivity index (χ0v) is 15.1. The van der Waals surface area contributed by atoms with Crippen LogP contribution < -0.4 is 5.73 Å². The van der Waals surface area contributed by atoms with Crippen molar-refractivity contribution >= 4 is 11.3 Å². The molecule has 1 saturated carbocycles. The molecule has 0 aromatic carbocycles. The van der Waals surface area contributed by atoms with Crippen LogP contribution in [0.3, 0.4) is 0 Å². The first-order valence-corrected chi connectivity index (χ1v) is 8.97. The molecule has 4 heteroatoms. The molecule has 1 fully saturated rings. The molecular weight excluding hydrogens is 278 g/mol. The average Bonchev–Trinajstić information content (AvgIpc) is 2.83. The van der Waals surface area contributed by atoms with E-state index < -0.39 is 0 Å². The summed E-state index contributed by atoms with van der Waals surface area (Å²) in [6.45, 7) is 11.0. The minimum atomic E-state index is 0.179. The Bertz CT molecular complexity index is 453. The second kappa shape index (κ2) is 6.35. The van der Waals surface area contributed by atoms with E-state index in [0.717, 1.165) is 19.0 Å². The number of nitrogens with two attached hydrogens (primary N) is 1. The van der Waals surface area contributed by atoms with E-state index in [1.807, 2.05) is 5.51 Å². The number of aryl methyl sites for hydroxylation is 1. The van der Waals surface area contributed by atoms with Crippen LogP contribution in [0.25, 0.3) is 0 Å². The van der Waals surface area contributed by atoms with Crippen LogP contribution in [0.5, 0.6) is 0 Å². The summed E-state index contributed by atoms with van der Waals surface area (Å²) in [6, 6.07) is 0. The highest BCUT2D eigenvalue weighted by atomic mass is 32.1. The Morgan fingerprint density at radius 2 is 2.00 bits per heavy atom. The normalized spacial score (nSPS) is 27.3. The summed E-state index contributed by atoms with van der Waals surface area (Å²) in [4.78, 5) is 8.24. The van der Waals surface area contributed by atoms with Gasteiger partial charge in [-0.1, -0.05) is 20.8 Å². The molecule has 0 saturated heterocycles. The van der Waals surface area contributed by atoms with Crippen LogP contribution in [0.1, 0.15) is 57.0 Å². The third kappa shape index (κ3) is 3.66. The molecule has 0 aliphatic heterocycles. The van der Waals surface area contributed by atoms with E-state index in [4.69, 9.17) is 5.73 Å². The minimum absolute atomic E-state index is 0.179. The lowest BCUT2D eigenvalue weighted by molar-refractivity contribution is 0.0338. The number of thiazole rings is 1. The topological polar surface area (TPSA) is 42.2 Å². The van der Waals surface area contributed by atoms with Crippen LogP contribution in [-0.2, 0) is 6.54 Å². The van der Waals surface area contributed by atoms with Crippen molar-refractivity contribution in [3.63, 3.8) is 0 Å². The first-order valence-electron chi connectivity index (χ1n) is 8.09. The average molecular weight is 310 g/mol. The van der Waals surface area contributed by atoms with E-state index in [0.29, 0.717) is 5.41 Å². The van der Waals surface area contributed by atoms with Gasteiger partial charge < -0.3 is 5.73 Å². The molecule has 2 rings (SSSR count). The summed E-state index contributed by atoms with van der Waals surface area (Å²) in [6.07, 6.45) is 5.04. The Balaban J connectivity index is 2.04. The molecule has 0 unspecified atom stereocenters. The minimum Gasteiger partial charge on any atom is -0.329 e. The fourth-order valence-corrected chi connectivity index (χ4v) is 4.45. The van der Waals surface area contributed by atoms with Crippen LogP contribution in [-0.4, -0.2) is 29.0 Å². The van der Waals surface area contributed by atoms with Crippen molar-refractivity contribution in [3.8, 4) is 0 Å². The summed E-state index contributed by atoms with van der Waals surface area (Å²) in [5.74, 6) is 0.829. The molecular formula is C17H31N3S. The van der Waals surface area contributed by atoms with E-state index in [1.165, 1.54) is 36.3 Å². The van der Waals surface area contributed by atoms with Crippen LogP contribution in [0, 0.1) is 18.3 Å². The summed E-state index contributed by atoms with van der Waals surface area (Å²) in [5, 5.41) is 0. The molecule has 1 aliphatic carbocycles. The van der Waals surface area contributed by atoms with Crippen LogP contribution in [0.4, 0.5) is 0 Å². The van der Waals surface area contributed by atoms with Crippen molar-refractivity contribution in [3.05, 3.63) is 16.1 Å². The van der Waals surface area contributed by atoms with Gasteiger partial charge in [-0.05, 0) is 51.0 Å². The Morgan fingerprint density at radius 3 is 2.43 bits per heavy atom. The smallest absolute Gasteiger partial charge is 0.0798 e. The largest absolute Gasteiger partial charge is 0.329 e. The number of hydrogen-bond acceptors (Lipinski definition) is 4. The van der Waals surface area contributed by atoms with E-state index in [2.05, 4.69) is 44.6 Å². The van der Waals surface area contributed by atoms with Gasteiger partial charge in [0.15, 0.2) is 0 Å². The lowest BCUT2D eigenvalue weighted by Gasteiger charge is -2.48. The third-order valence-electron chi connectivity index (χ3n) is 5.56. The number of likely N-dealkylation sites (N-methyl/N-ethyl adjacent to an activating group) is 1. The molecule has 2 N–H and O–H groups in total. The molecule has 120 valence electrons. The van der Waals surface area contributed by atoms with Crippen molar-refractivity contribution in [2.45, 2.75) is 65.5 Å². The lowest BCUT2D eigenvalue weighted by atomic mass is 9.67. The summed E-state index contributed by atoms with van der Waals surface area (Å²) in [5.41, 5.74) is 9.93. The van der Waals surface area contributed by atoms with Gasteiger partial charge in [0.1, 0.15) is 0 Å². The van der Waals surface area contributed by atoms with E-state index in [9.17, 15) is 0 Å². The first kappa shape index (κ1) is 16.9. The van der Waals surface area contributed by atoms with Gasteiger partial charge in [0.05, 0.1) is 11.2 Å². The van der Waals surface area contributed by atoms with Gasteiger partial charge in [-0.25, -0.2) is 4.98 Å². The monoisotopic (exact) mass is 309 g/mol.